The summed E-state index contributed by atoms with van der Waals surface area (Å²) in [5, 5.41) is 23.1. The van der Waals surface area contributed by atoms with Gasteiger partial charge in [0.15, 0.2) is 0 Å². The van der Waals surface area contributed by atoms with Crippen LogP contribution in [0.4, 0.5) is 11.5 Å². The Morgan fingerprint density at radius 1 is 1.10 bits per heavy atom. The van der Waals surface area contributed by atoms with Crippen LogP contribution in [0.3, 0.4) is 0 Å². The molecular formula is C19H28N5O5+. The van der Waals surface area contributed by atoms with E-state index in [1.807, 2.05) is 0 Å². The van der Waals surface area contributed by atoms with Crippen molar-refractivity contribution in [2.45, 2.75) is 12.8 Å². The van der Waals surface area contributed by atoms with E-state index in [1.54, 1.807) is 19.2 Å². The van der Waals surface area contributed by atoms with Crippen LogP contribution in [-0.2, 0) is 20.5 Å². The molecule has 0 aliphatic carbocycles. The molecule has 1 aromatic carbocycles. The normalized spacial score (nSPS) is 12.0. The molecule has 0 aliphatic heterocycles. The fraction of sp³-hybridized carbons (Fsp3) is 0.474. The maximum absolute atomic E-state index is 12.0. The first-order valence-electron chi connectivity index (χ1n) is 9.52. The van der Waals surface area contributed by atoms with Gasteiger partial charge in [-0.2, -0.15) is 0 Å². The van der Waals surface area contributed by atoms with Gasteiger partial charge in [-0.1, -0.05) is 12.1 Å². The number of aliphatic hydroxyl groups is 1. The second-order valence-corrected chi connectivity index (χ2v) is 6.95. The van der Waals surface area contributed by atoms with E-state index >= 15 is 0 Å². The van der Waals surface area contributed by atoms with Crippen LogP contribution in [-0.4, -0.2) is 51.9 Å². The van der Waals surface area contributed by atoms with Crippen molar-refractivity contribution in [2.24, 2.45) is 14.1 Å². The summed E-state index contributed by atoms with van der Waals surface area (Å²) in [6, 6.07) is 7.93. The molecule has 3 N–H and O–H groups in total. The molecule has 0 saturated carbocycles. The van der Waals surface area contributed by atoms with Crippen LogP contribution in [0.25, 0.3) is 0 Å². The number of aryl methyl sites for hydroxylation is 1. The van der Waals surface area contributed by atoms with Gasteiger partial charge in [0.2, 0.25) is 0 Å². The van der Waals surface area contributed by atoms with E-state index in [9.17, 15) is 24.8 Å². The first-order valence-corrected chi connectivity index (χ1v) is 9.52. The standard InChI is InChI=1S/C19H27N5O5/c1-21-17(14-18(26)22(2)19(21)27)20-9-11-23(12-13-25)10-3-4-15-5-7-16(8-6-15)24(28)29/h5-8,14,20,25H,3-4,9-13H2,1-2H3/p+1. The molecule has 10 heteroatoms. The van der Waals surface area contributed by atoms with E-state index < -0.39 is 4.92 Å². The first kappa shape index (κ1) is 22.3. The Bertz CT molecular complexity index is 935. The van der Waals surface area contributed by atoms with Gasteiger partial charge in [-0.3, -0.25) is 24.0 Å². The number of aromatic nitrogens is 2. The highest BCUT2D eigenvalue weighted by molar-refractivity contribution is 5.34. The summed E-state index contributed by atoms with van der Waals surface area (Å²) >= 11 is 0. The molecule has 1 aromatic heterocycles. The van der Waals surface area contributed by atoms with Gasteiger partial charge in [-0.15, -0.1) is 0 Å². The van der Waals surface area contributed by atoms with Crippen molar-refractivity contribution in [1.82, 2.24) is 9.13 Å². The minimum absolute atomic E-state index is 0.0667. The summed E-state index contributed by atoms with van der Waals surface area (Å²) in [6.07, 6.45) is 1.67. The average Bonchev–Trinajstić information content (AvgIpc) is 2.70. The average molecular weight is 406 g/mol. The number of aliphatic hydroxyl groups excluding tert-OH is 1. The number of non-ortho nitro benzene ring substituents is 1. The predicted molar refractivity (Wildman–Crippen MR) is 109 cm³/mol. The van der Waals surface area contributed by atoms with Crippen LogP contribution in [0.2, 0.25) is 0 Å². The third-order valence-corrected chi connectivity index (χ3v) is 4.92. The molecule has 0 bridgehead atoms. The van der Waals surface area contributed by atoms with Gasteiger partial charge < -0.3 is 15.3 Å². The molecule has 10 nitrogen and oxygen atoms in total. The molecule has 0 spiro atoms. The molecule has 0 amide bonds. The number of nitro groups is 1. The van der Waals surface area contributed by atoms with Gasteiger partial charge in [0.05, 0.1) is 31.2 Å². The van der Waals surface area contributed by atoms with Crippen LogP contribution in [0.1, 0.15) is 12.0 Å². The fourth-order valence-corrected chi connectivity index (χ4v) is 3.13. The molecule has 158 valence electrons. The predicted octanol–water partition coefficient (Wildman–Crippen LogP) is -1.09. The van der Waals surface area contributed by atoms with Crippen molar-refractivity contribution in [3.8, 4) is 0 Å². The molecule has 2 aromatic rings. The highest BCUT2D eigenvalue weighted by atomic mass is 16.6. The van der Waals surface area contributed by atoms with Gasteiger partial charge in [-0.05, 0) is 12.0 Å². The van der Waals surface area contributed by atoms with Gasteiger partial charge in [-0.25, -0.2) is 4.79 Å². The lowest BCUT2D eigenvalue weighted by Gasteiger charge is -2.19. The Hall–Kier alpha value is -2.98. The fourth-order valence-electron chi connectivity index (χ4n) is 3.13. The Morgan fingerprint density at radius 3 is 2.41 bits per heavy atom. The Labute approximate surface area is 168 Å². The molecule has 0 saturated heterocycles. The maximum atomic E-state index is 12.0. The van der Waals surface area contributed by atoms with Crippen molar-refractivity contribution in [1.29, 1.82) is 0 Å². The summed E-state index contributed by atoms with van der Waals surface area (Å²) in [5.74, 6) is 0.465. The molecule has 29 heavy (non-hydrogen) atoms. The number of nitro benzene ring substituents is 1. The highest BCUT2D eigenvalue weighted by Crippen LogP contribution is 2.12. The van der Waals surface area contributed by atoms with E-state index in [0.29, 0.717) is 25.5 Å². The van der Waals surface area contributed by atoms with Crippen molar-refractivity contribution in [3.63, 3.8) is 0 Å². The number of nitrogens with zero attached hydrogens (tertiary/aromatic N) is 3. The topological polar surface area (TPSA) is 124 Å². The van der Waals surface area contributed by atoms with Crippen LogP contribution in [0.5, 0.6) is 0 Å². The number of quaternary nitrogens is 1. The minimum Gasteiger partial charge on any atom is -0.391 e. The Kier molecular flexibility index (Phi) is 8.10. The van der Waals surface area contributed by atoms with Gasteiger partial charge in [0, 0.05) is 38.7 Å². The van der Waals surface area contributed by atoms with Crippen LogP contribution >= 0.6 is 0 Å². The third kappa shape index (κ3) is 6.26. The lowest BCUT2D eigenvalue weighted by molar-refractivity contribution is -0.898. The first-order chi connectivity index (χ1) is 13.8. The van der Waals surface area contributed by atoms with E-state index in [-0.39, 0.29) is 23.5 Å². The van der Waals surface area contributed by atoms with Crippen molar-refractivity contribution < 1.29 is 14.9 Å². The summed E-state index contributed by atoms with van der Waals surface area (Å²) < 4.78 is 2.44. The molecule has 1 heterocycles. The Balaban J connectivity index is 1.85. The summed E-state index contributed by atoms with van der Waals surface area (Å²) in [4.78, 5) is 35.2. The third-order valence-electron chi connectivity index (χ3n) is 4.92. The number of hydrogen-bond acceptors (Lipinski definition) is 6. The SMILES string of the molecule is Cn1c(NCC[NH+](CCO)CCCc2ccc([N+](=O)[O-])cc2)cc(=O)n(C)c1=O. The highest BCUT2D eigenvalue weighted by Gasteiger charge is 2.10. The van der Waals surface area contributed by atoms with Gasteiger partial charge in [0.1, 0.15) is 12.4 Å². The smallest absolute Gasteiger partial charge is 0.332 e. The molecule has 2 rings (SSSR count). The molecule has 1 atom stereocenters. The maximum Gasteiger partial charge on any atom is 0.332 e. The number of anilines is 1. The van der Waals surface area contributed by atoms with Crippen molar-refractivity contribution >= 4 is 11.5 Å². The number of hydrogen-bond donors (Lipinski definition) is 3. The van der Waals surface area contributed by atoms with E-state index in [4.69, 9.17) is 0 Å². The van der Waals surface area contributed by atoms with Crippen molar-refractivity contribution in [3.05, 3.63) is 66.8 Å². The number of rotatable bonds is 11. The number of benzene rings is 1. The van der Waals surface area contributed by atoms with E-state index in [0.717, 1.165) is 29.5 Å². The monoisotopic (exact) mass is 406 g/mol. The van der Waals surface area contributed by atoms with Crippen molar-refractivity contribution in [2.75, 3.05) is 38.1 Å². The zero-order valence-corrected chi connectivity index (χ0v) is 16.8. The molecule has 0 fully saturated rings. The van der Waals surface area contributed by atoms with Crippen LogP contribution in [0.15, 0.2) is 39.9 Å². The summed E-state index contributed by atoms with van der Waals surface area (Å²) in [5.41, 5.74) is 0.366. The number of nitrogens with one attached hydrogen (secondary N) is 2. The van der Waals surface area contributed by atoms with Gasteiger partial charge in [0.25, 0.3) is 11.2 Å². The lowest BCUT2D eigenvalue weighted by Crippen LogP contribution is -3.13. The summed E-state index contributed by atoms with van der Waals surface area (Å²) in [6.45, 7) is 2.75. The van der Waals surface area contributed by atoms with E-state index in [1.165, 1.54) is 34.7 Å². The summed E-state index contributed by atoms with van der Waals surface area (Å²) in [7, 11) is 3.04. The molecule has 0 aliphatic rings. The largest absolute Gasteiger partial charge is 0.391 e. The molecule has 0 radical (unpaired) electrons. The van der Waals surface area contributed by atoms with Crippen LogP contribution in [0, 0.1) is 10.1 Å². The van der Waals surface area contributed by atoms with E-state index in [2.05, 4.69) is 5.32 Å². The lowest BCUT2D eigenvalue weighted by atomic mass is 10.1. The van der Waals surface area contributed by atoms with Crippen LogP contribution < -0.4 is 21.5 Å². The second kappa shape index (κ2) is 10.5. The zero-order valence-electron chi connectivity index (χ0n) is 16.8. The second-order valence-electron chi connectivity index (χ2n) is 6.95. The molecule has 1 unspecified atom stereocenters. The quantitative estimate of drug-likeness (QED) is 0.322. The molecular weight excluding hydrogens is 378 g/mol. The zero-order chi connectivity index (χ0) is 21.4. The minimum atomic E-state index is -0.414. The Morgan fingerprint density at radius 2 is 1.79 bits per heavy atom. The van der Waals surface area contributed by atoms with Gasteiger partial charge >= 0.3 is 5.69 Å².